The summed E-state index contributed by atoms with van der Waals surface area (Å²) in [5.41, 5.74) is 0.405. The minimum absolute atomic E-state index is 0.0814. The first-order valence-corrected chi connectivity index (χ1v) is 15.2. The van der Waals surface area contributed by atoms with Crippen LogP contribution in [0.4, 0.5) is 19.0 Å². The number of rotatable bonds is 11. The minimum Gasteiger partial charge on any atom is -0.494 e. The Balaban J connectivity index is 1.40. The number of anilines is 1. The number of hydrogen-bond donors (Lipinski definition) is 2. The number of aryl methyl sites for hydroxylation is 1. The van der Waals surface area contributed by atoms with Crippen LogP contribution in [0.1, 0.15) is 59.6 Å². The maximum Gasteiger partial charge on any atom is 0.389 e. The number of fused-ring (bicyclic) bond motifs is 3. The van der Waals surface area contributed by atoms with Crippen LogP contribution >= 0.6 is 0 Å². The molecule has 2 amide bonds. The van der Waals surface area contributed by atoms with E-state index in [0.717, 1.165) is 25.5 Å². The van der Waals surface area contributed by atoms with Crippen LogP contribution in [0.25, 0.3) is 0 Å². The van der Waals surface area contributed by atoms with E-state index in [4.69, 9.17) is 14.6 Å². The summed E-state index contributed by atoms with van der Waals surface area (Å²) >= 11 is 0. The van der Waals surface area contributed by atoms with Crippen LogP contribution in [0.3, 0.4) is 0 Å². The third-order valence-electron chi connectivity index (χ3n) is 7.42. The number of benzene rings is 1. The van der Waals surface area contributed by atoms with Crippen LogP contribution in [0.5, 0.6) is 5.75 Å². The molecule has 5 rings (SSSR count). The van der Waals surface area contributed by atoms with Crippen molar-refractivity contribution in [1.29, 1.82) is 0 Å². The number of ether oxygens (including phenoxy) is 2. The Kier molecular flexibility index (Phi) is 7.59. The predicted octanol–water partition coefficient (Wildman–Crippen LogP) is 3.14. The Labute approximate surface area is 229 Å². The third-order valence-corrected chi connectivity index (χ3v) is 8.21. The second-order valence-corrected chi connectivity index (χ2v) is 12.9. The fourth-order valence-corrected chi connectivity index (χ4v) is 5.85. The summed E-state index contributed by atoms with van der Waals surface area (Å²) in [6.45, 7) is 0.793. The van der Waals surface area contributed by atoms with E-state index in [1.807, 2.05) is 0 Å². The van der Waals surface area contributed by atoms with Gasteiger partial charge >= 0.3 is 6.18 Å². The van der Waals surface area contributed by atoms with E-state index in [9.17, 15) is 31.2 Å². The Bertz CT molecular complexity index is 1390. The van der Waals surface area contributed by atoms with Gasteiger partial charge in [-0.1, -0.05) is 25.0 Å². The lowest BCUT2D eigenvalue weighted by molar-refractivity contribution is -0.136. The molecule has 1 aromatic carbocycles. The van der Waals surface area contributed by atoms with Gasteiger partial charge < -0.3 is 20.1 Å². The number of amides is 2. The van der Waals surface area contributed by atoms with Crippen LogP contribution in [-0.4, -0.2) is 68.0 Å². The second-order valence-electron chi connectivity index (χ2n) is 10.8. The van der Waals surface area contributed by atoms with Gasteiger partial charge in [-0.15, -0.1) is 0 Å². The van der Waals surface area contributed by atoms with Crippen molar-refractivity contribution in [3.8, 4) is 5.75 Å². The van der Waals surface area contributed by atoms with Gasteiger partial charge in [0, 0.05) is 19.2 Å². The van der Waals surface area contributed by atoms with Gasteiger partial charge in [0.1, 0.15) is 22.9 Å². The van der Waals surface area contributed by atoms with Gasteiger partial charge in [-0.05, 0) is 36.5 Å². The molecule has 0 spiro atoms. The van der Waals surface area contributed by atoms with Crippen molar-refractivity contribution in [2.24, 2.45) is 5.92 Å². The summed E-state index contributed by atoms with van der Waals surface area (Å²) in [4.78, 5) is 26.1. The summed E-state index contributed by atoms with van der Waals surface area (Å²) < 4.78 is 73.4. The lowest BCUT2D eigenvalue weighted by atomic mass is 9.75. The first kappa shape index (κ1) is 28.4. The number of carbonyl (C=O) groups is 2. The summed E-state index contributed by atoms with van der Waals surface area (Å²) in [5, 5.41) is 10.4. The van der Waals surface area contributed by atoms with E-state index < -0.39 is 51.5 Å². The largest absolute Gasteiger partial charge is 0.494 e. The number of halogens is 3. The second kappa shape index (κ2) is 10.7. The lowest BCUT2D eigenvalue weighted by Crippen LogP contribution is -2.53. The fourth-order valence-electron chi connectivity index (χ4n) is 5.30. The van der Waals surface area contributed by atoms with E-state index >= 15 is 0 Å². The first-order chi connectivity index (χ1) is 18.8. The van der Waals surface area contributed by atoms with Gasteiger partial charge in [-0.2, -0.15) is 18.3 Å². The summed E-state index contributed by atoms with van der Waals surface area (Å²) in [5.74, 6) is -1.22. The third kappa shape index (κ3) is 6.27. The number of hydrogen-bond acceptors (Lipinski definition) is 7. The van der Waals surface area contributed by atoms with Crippen LogP contribution in [0.2, 0.25) is 0 Å². The summed E-state index contributed by atoms with van der Waals surface area (Å²) in [6, 6.07) is 6.76. The van der Waals surface area contributed by atoms with E-state index in [1.165, 1.54) is 0 Å². The van der Waals surface area contributed by atoms with Gasteiger partial charge in [0.05, 0.1) is 37.0 Å². The molecule has 0 bridgehead atoms. The van der Waals surface area contributed by atoms with Crippen molar-refractivity contribution in [2.75, 3.05) is 37.1 Å². The monoisotopic (exact) mass is 584 g/mol. The number of nitrogens with zero attached hydrogens (tertiary/aromatic N) is 2. The molecule has 0 unspecified atom stereocenters. The Hall–Kier alpha value is -3.13. The van der Waals surface area contributed by atoms with Crippen LogP contribution in [0, 0.1) is 5.92 Å². The highest BCUT2D eigenvalue weighted by Crippen LogP contribution is 2.47. The molecule has 3 heterocycles. The Morgan fingerprint density at radius 3 is 2.65 bits per heavy atom. The molecule has 1 aromatic heterocycles. The molecular formula is C26H31F3N4O6S. The smallest absolute Gasteiger partial charge is 0.389 e. The Morgan fingerprint density at radius 1 is 1.27 bits per heavy atom. The van der Waals surface area contributed by atoms with Crippen molar-refractivity contribution in [3.63, 3.8) is 0 Å². The number of aromatic nitrogens is 2. The number of sulfone groups is 1. The van der Waals surface area contributed by atoms with Gasteiger partial charge in [-0.3, -0.25) is 9.59 Å². The fraction of sp³-hybridized carbons (Fsp3) is 0.577. The molecule has 1 saturated carbocycles. The number of alkyl halides is 3. The molecule has 0 radical (unpaired) electrons. The zero-order chi connectivity index (χ0) is 28.7. The van der Waals surface area contributed by atoms with E-state index in [2.05, 4.69) is 10.6 Å². The normalized spacial score (nSPS) is 22.4. The highest BCUT2D eigenvalue weighted by Gasteiger charge is 2.54. The average Bonchev–Trinajstić information content (AvgIpc) is 3.47. The van der Waals surface area contributed by atoms with Gasteiger partial charge in [0.2, 0.25) is 5.91 Å². The minimum atomic E-state index is -4.23. The Morgan fingerprint density at radius 2 is 2.00 bits per heavy atom. The standard InChI is InChI=1S/C26H31F3N4O6S/c1-40(36,37)14-20(34)30-23-21-22(32-33(23)11-9-16-3-4-16)19-13-38-15-25(19,31-24(21)35)17-5-7-18(8-6-17)39-12-2-10-26(27,28)29/h5-8,16,19H,2-4,9-15H2,1H3,(H,30,34)(H,31,35)/t19-,25+/m1/s1. The molecule has 3 aliphatic rings. The molecule has 218 valence electrons. The first-order valence-electron chi connectivity index (χ1n) is 13.1. The summed E-state index contributed by atoms with van der Waals surface area (Å²) in [6.07, 6.45) is -1.32. The SMILES string of the molecule is CS(=O)(=O)CC(=O)Nc1c2c(nn1CCC1CC1)[C@H]1COC[C@@]1(c1ccc(OCCCC(F)(F)F)cc1)NC2=O. The van der Waals surface area contributed by atoms with Crippen molar-refractivity contribution >= 4 is 27.5 Å². The average molecular weight is 585 g/mol. The topological polar surface area (TPSA) is 129 Å². The van der Waals surface area contributed by atoms with Crippen molar-refractivity contribution in [2.45, 2.75) is 56.3 Å². The molecule has 2 fully saturated rings. The van der Waals surface area contributed by atoms with Crippen molar-refractivity contribution in [3.05, 3.63) is 41.1 Å². The molecule has 2 aliphatic heterocycles. The summed E-state index contributed by atoms with van der Waals surface area (Å²) in [7, 11) is -3.59. The molecule has 40 heavy (non-hydrogen) atoms. The molecule has 2 atom stereocenters. The predicted molar refractivity (Wildman–Crippen MR) is 138 cm³/mol. The quantitative estimate of drug-likeness (QED) is 0.389. The van der Waals surface area contributed by atoms with Crippen molar-refractivity contribution in [1.82, 2.24) is 15.1 Å². The van der Waals surface area contributed by atoms with E-state index in [0.29, 0.717) is 29.5 Å². The van der Waals surface area contributed by atoms with Gasteiger partial charge in [0.15, 0.2) is 9.84 Å². The molecular weight excluding hydrogens is 553 g/mol. The van der Waals surface area contributed by atoms with Gasteiger partial charge in [-0.25, -0.2) is 13.1 Å². The molecule has 2 aromatic rings. The van der Waals surface area contributed by atoms with Crippen molar-refractivity contribution < 1.29 is 40.7 Å². The number of nitrogens with one attached hydrogen (secondary N) is 2. The molecule has 1 saturated heterocycles. The highest BCUT2D eigenvalue weighted by molar-refractivity contribution is 7.91. The molecule has 1 aliphatic carbocycles. The lowest BCUT2D eigenvalue weighted by Gasteiger charge is -2.38. The van der Waals surface area contributed by atoms with E-state index in [-0.39, 0.29) is 37.6 Å². The zero-order valence-electron chi connectivity index (χ0n) is 21.9. The van der Waals surface area contributed by atoms with Crippen LogP contribution in [-0.2, 0) is 31.5 Å². The maximum atomic E-state index is 13.6. The highest BCUT2D eigenvalue weighted by atomic mass is 32.2. The maximum absolute atomic E-state index is 13.6. The van der Waals surface area contributed by atoms with Gasteiger partial charge in [0.25, 0.3) is 5.91 Å². The number of carbonyl (C=O) groups excluding carboxylic acids is 2. The van der Waals surface area contributed by atoms with E-state index in [1.54, 1.807) is 28.9 Å². The zero-order valence-corrected chi connectivity index (χ0v) is 22.7. The van der Waals surface area contributed by atoms with Crippen LogP contribution < -0.4 is 15.4 Å². The molecule has 2 N–H and O–H groups in total. The molecule has 14 heteroatoms. The molecule has 10 nitrogen and oxygen atoms in total. The van der Waals surface area contributed by atoms with Crippen LogP contribution in [0.15, 0.2) is 24.3 Å².